The molecule has 1 aromatic carbocycles. The predicted molar refractivity (Wildman–Crippen MR) is 118 cm³/mol. The van der Waals surface area contributed by atoms with E-state index in [1.807, 2.05) is 0 Å². The number of anilines is 1. The van der Waals surface area contributed by atoms with E-state index in [0.29, 0.717) is 12.0 Å². The van der Waals surface area contributed by atoms with Crippen LogP contribution in [0.2, 0.25) is 0 Å². The molecule has 0 bridgehead atoms. The Morgan fingerprint density at radius 2 is 1.93 bits per heavy atom. The summed E-state index contributed by atoms with van der Waals surface area (Å²) in [6.07, 6.45) is 7.39. The van der Waals surface area contributed by atoms with Crippen LogP contribution in [0.15, 0.2) is 23.2 Å². The van der Waals surface area contributed by atoms with Crippen LogP contribution in [0.4, 0.5) is 14.5 Å². The maximum absolute atomic E-state index is 13.5. The van der Waals surface area contributed by atoms with Gasteiger partial charge in [-0.2, -0.15) is 0 Å². The molecule has 7 heteroatoms. The van der Waals surface area contributed by atoms with Crippen molar-refractivity contribution in [3.05, 3.63) is 29.8 Å². The molecule has 1 saturated carbocycles. The van der Waals surface area contributed by atoms with E-state index in [1.165, 1.54) is 44.2 Å². The van der Waals surface area contributed by atoms with Gasteiger partial charge in [-0.05, 0) is 44.2 Å². The molecule has 1 saturated heterocycles. The topological polar surface area (TPSA) is 39.7 Å². The molecule has 1 aliphatic carbocycles. The highest BCUT2D eigenvalue weighted by atomic mass is 127. The first kappa shape index (κ1) is 22.2. The lowest BCUT2D eigenvalue weighted by molar-refractivity contribution is 0.409. The minimum atomic E-state index is -0.793. The zero-order chi connectivity index (χ0) is 18.4. The Balaban J connectivity index is 0.00000261. The lowest BCUT2D eigenvalue weighted by Crippen LogP contribution is -2.44. The fourth-order valence-corrected chi connectivity index (χ4v) is 3.88. The summed E-state index contributed by atoms with van der Waals surface area (Å²) in [5.74, 6) is -0.233. The van der Waals surface area contributed by atoms with Crippen LogP contribution in [0.5, 0.6) is 0 Å². The molecule has 2 aliphatic rings. The summed E-state index contributed by atoms with van der Waals surface area (Å²) in [6.45, 7) is 5.38. The van der Waals surface area contributed by atoms with E-state index in [4.69, 9.17) is 4.99 Å². The molecular formula is C20H31F2IN4. The Morgan fingerprint density at radius 3 is 2.63 bits per heavy atom. The standard InChI is InChI=1S/C20H30F2N4.HI/c1-2-23-20(25-16-6-4-3-5-7-16)24-13-15-10-11-26(14-15)17-8-9-18(21)19(22)12-17;/h8-9,12,15-16H,2-7,10-11,13-14H2,1H3,(H2,23,24,25);1H. The molecule has 0 amide bonds. The molecule has 27 heavy (non-hydrogen) atoms. The van der Waals surface area contributed by atoms with Crippen molar-refractivity contribution in [3.63, 3.8) is 0 Å². The van der Waals surface area contributed by atoms with Crippen molar-refractivity contribution in [2.45, 2.75) is 51.5 Å². The quantitative estimate of drug-likeness (QED) is 0.366. The molecule has 2 fully saturated rings. The number of nitrogens with one attached hydrogen (secondary N) is 2. The number of benzene rings is 1. The molecule has 1 aromatic rings. The van der Waals surface area contributed by atoms with Crippen LogP contribution in [-0.4, -0.2) is 38.2 Å². The van der Waals surface area contributed by atoms with E-state index in [9.17, 15) is 8.78 Å². The van der Waals surface area contributed by atoms with Gasteiger partial charge in [-0.3, -0.25) is 4.99 Å². The van der Waals surface area contributed by atoms with Gasteiger partial charge in [0.1, 0.15) is 0 Å². The highest BCUT2D eigenvalue weighted by Gasteiger charge is 2.23. The summed E-state index contributed by atoms with van der Waals surface area (Å²) in [5.41, 5.74) is 0.752. The molecule has 2 N–H and O–H groups in total. The number of halogens is 3. The van der Waals surface area contributed by atoms with E-state index in [2.05, 4.69) is 22.5 Å². The molecule has 1 heterocycles. The smallest absolute Gasteiger partial charge is 0.191 e. The molecular weight excluding hydrogens is 461 g/mol. The number of nitrogens with zero attached hydrogens (tertiary/aromatic N) is 2. The Morgan fingerprint density at radius 1 is 1.15 bits per heavy atom. The van der Waals surface area contributed by atoms with E-state index in [0.717, 1.165) is 44.2 Å². The van der Waals surface area contributed by atoms with Gasteiger partial charge in [0.25, 0.3) is 0 Å². The highest BCUT2D eigenvalue weighted by molar-refractivity contribution is 14.0. The van der Waals surface area contributed by atoms with Gasteiger partial charge < -0.3 is 15.5 Å². The zero-order valence-corrected chi connectivity index (χ0v) is 18.3. The minimum absolute atomic E-state index is 0. The van der Waals surface area contributed by atoms with Crippen LogP contribution < -0.4 is 15.5 Å². The van der Waals surface area contributed by atoms with Crippen molar-refractivity contribution in [2.24, 2.45) is 10.9 Å². The lowest BCUT2D eigenvalue weighted by atomic mass is 9.96. The second-order valence-electron chi connectivity index (χ2n) is 7.40. The summed E-state index contributed by atoms with van der Waals surface area (Å²) in [6, 6.07) is 4.67. The van der Waals surface area contributed by atoms with Gasteiger partial charge in [0, 0.05) is 44.0 Å². The third kappa shape index (κ3) is 6.47. The van der Waals surface area contributed by atoms with E-state index in [1.54, 1.807) is 6.07 Å². The first-order chi connectivity index (χ1) is 12.7. The average Bonchev–Trinajstić information content (AvgIpc) is 3.12. The number of hydrogen-bond donors (Lipinski definition) is 2. The van der Waals surface area contributed by atoms with Gasteiger partial charge in [-0.15, -0.1) is 24.0 Å². The molecule has 4 nitrogen and oxygen atoms in total. The Kier molecular flexibility index (Phi) is 9.05. The molecule has 1 atom stereocenters. The Bertz CT molecular complexity index is 620. The maximum atomic E-state index is 13.5. The van der Waals surface area contributed by atoms with Crippen molar-refractivity contribution < 1.29 is 8.78 Å². The zero-order valence-electron chi connectivity index (χ0n) is 16.0. The Labute approximate surface area is 178 Å². The Hall–Kier alpha value is -1.12. The highest BCUT2D eigenvalue weighted by Crippen LogP contribution is 2.25. The molecule has 0 aromatic heterocycles. The number of hydrogen-bond acceptors (Lipinski definition) is 2. The summed E-state index contributed by atoms with van der Waals surface area (Å²) in [7, 11) is 0. The van der Waals surface area contributed by atoms with Gasteiger partial charge in [0.15, 0.2) is 17.6 Å². The summed E-state index contributed by atoms with van der Waals surface area (Å²) in [4.78, 5) is 6.90. The van der Waals surface area contributed by atoms with Crippen LogP contribution >= 0.6 is 24.0 Å². The summed E-state index contributed by atoms with van der Waals surface area (Å²) in [5, 5.41) is 6.92. The van der Waals surface area contributed by atoms with Crippen LogP contribution in [0, 0.1) is 17.6 Å². The van der Waals surface area contributed by atoms with Gasteiger partial charge in [0.2, 0.25) is 0 Å². The van der Waals surface area contributed by atoms with E-state index >= 15 is 0 Å². The molecule has 3 rings (SSSR count). The minimum Gasteiger partial charge on any atom is -0.371 e. The van der Waals surface area contributed by atoms with Crippen LogP contribution in [0.3, 0.4) is 0 Å². The largest absolute Gasteiger partial charge is 0.371 e. The van der Waals surface area contributed by atoms with Gasteiger partial charge in [-0.1, -0.05) is 19.3 Å². The number of aliphatic imine (C=N–C) groups is 1. The van der Waals surface area contributed by atoms with Crippen molar-refractivity contribution in [2.75, 3.05) is 31.1 Å². The van der Waals surface area contributed by atoms with Crippen molar-refractivity contribution in [3.8, 4) is 0 Å². The third-order valence-corrected chi connectivity index (χ3v) is 5.35. The fraction of sp³-hybridized carbons (Fsp3) is 0.650. The van der Waals surface area contributed by atoms with Crippen molar-refractivity contribution >= 4 is 35.6 Å². The first-order valence-electron chi connectivity index (χ1n) is 9.90. The molecule has 1 aliphatic heterocycles. The molecule has 152 valence electrons. The van der Waals surface area contributed by atoms with E-state index < -0.39 is 11.6 Å². The van der Waals surface area contributed by atoms with E-state index in [-0.39, 0.29) is 24.0 Å². The lowest BCUT2D eigenvalue weighted by Gasteiger charge is -2.25. The predicted octanol–water partition coefficient (Wildman–Crippen LogP) is 4.30. The summed E-state index contributed by atoms with van der Waals surface area (Å²) < 4.78 is 26.6. The van der Waals surface area contributed by atoms with Gasteiger partial charge in [-0.25, -0.2) is 8.78 Å². The third-order valence-electron chi connectivity index (χ3n) is 5.35. The second kappa shape index (κ2) is 11.0. The molecule has 1 unspecified atom stereocenters. The molecule has 0 spiro atoms. The fourth-order valence-electron chi connectivity index (χ4n) is 3.88. The SMILES string of the molecule is CCNC(=NCC1CCN(c2ccc(F)c(F)c2)C1)NC1CCCCC1.I. The van der Waals surface area contributed by atoms with Crippen LogP contribution in [-0.2, 0) is 0 Å². The average molecular weight is 492 g/mol. The van der Waals surface area contributed by atoms with Crippen LogP contribution in [0.1, 0.15) is 45.4 Å². The second-order valence-corrected chi connectivity index (χ2v) is 7.40. The van der Waals surface area contributed by atoms with Crippen molar-refractivity contribution in [1.82, 2.24) is 10.6 Å². The van der Waals surface area contributed by atoms with Crippen molar-refractivity contribution in [1.29, 1.82) is 0 Å². The first-order valence-corrected chi connectivity index (χ1v) is 9.90. The van der Waals surface area contributed by atoms with Gasteiger partial charge >= 0.3 is 0 Å². The summed E-state index contributed by atoms with van der Waals surface area (Å²) >= 11 is 0. The maximum Gasteiger partial charge on any atom is 0.191 e. The monoisotopic (exact) mass is 492 g/mol. The molecule has 0 radical (unpaired) electrons. The number of rotatable bonds is 5. The normalized spacial score (nSPS) is 21.1. The number of guanidine groups is 1. The van der Waals surface area contributed by atoms with Crippen LogP contribution in [0.25, 0.3) is 0 Å². The van der Waals surface area contributed by atoms with Gasteiger partial charge in [0.05, 0.1) is 0 Å².